The highest BCUT2D eigenvalue weighted by atomic mass is 15.3. The molecule has 2 aliphatic heterocycles. The Hall–Kier alpha value is -4.56. The van der Waals surface area contributed by atoms with Crippen LogP contribution in [0.3, 0.4) is 0 Å². The number of benzene rings is 2. The highest BCUT2D eigenvalue weighted by molar-refractivity contribution is 6.01. The Kier molecular flexibility index (Phi) is 5.00. The third-order valence-corrected chi connectivity index (χ3v) is 7.58. The summed E-state index contributed by atoms with van der Waals surface area (Å²) >= 11 is 0. The van der Waals surface area contributed by atoms with Crippen molar-refractivity contribution in [2.75, 3.05) is 23.7 Å². The van der Waals surface area contributed by atoms with E-state index < -0.39 is 0 Å². The summed E-state index contributed by atoms with van der Waals surface area (Å²) in [4.78, 5) is 11.4. The smallest absolute Gasteiger partial charge is 0.164 e. The van der Waals surface area contributed by atoms with E-state index >= 15 is 0 Å². The molecule has 37 heavy (non-hydrogen) atoms. The zero-order valence-corrected chi connectivity index (χ0v) is 20.2. The van der Waals surface area contributed by atoms with E-state index in [4.69, 9.17) is 21.2 Å². The monoisotopic (exact) mass is 486 g/mol. The van der Waals surface area contributed by atoms with Gasteiger partial charge in [0.2, 0.25) is 0 Å². The Morgan fingerprint density at radius 2 is 1.81 bits per heavy atom. The predicted molar refractivity (Wildman–Crippen MR) is 147 cm³/mol. The molecule has 4 N–H and O–H groups in total. The number of nitrogens with two attached hydrogens (primary N) is 1. The molecule has 5 heterocycles. The van der Waals surface area contributed by atoms with Crippen molar-refractivity contribution >= 4 is 23.2 Å². The molecule has 2 atom stereocenters. The van der Waals surface area contributed by atoms with Gasteiger partial charge in [-0.3, -0.25) is 4.98 Å². The molecular formula is C29H26N8. The van der Waals surface area contributed by atoms with E-state index in [2.05, 4.69) is 39.5 Å². The maximum Gasteiger partial charge on any atom is 0.164 e. The molecule has 0 amide bonds. The quantitative estimate of drug-likeness (QED) is 0.253. The molecular weight excluding hydrogens is 460 g/mol. The Labute approximate surface area is 214 Å². The van der Waals surface area contributed by atoms with E-state index in [0.717, 1.165) is 46.7 Å². The van der Waals surface area contributed by atoms with Crippen LogP contribution in [0.15, 0.2) is 79.3 Å². The van der Waals surface area contributed by atoms with E-state index in [9.17, 15) is 0 Å². The molecule has 182 valence electrons. The molecule has 0 spiro atoms. The van der Waals surface area contributed by atoms with Gasteiger partial charge >= 0.3 is 0 Å². The third kappa shape index (κ3) is 3.48. The first-order valence-electron chi connectivity index (χ1n) is 12.5. The van der Waals surface area contributed by atoms with Gasteiger partial charge in [-0.05, 0) is 48.4 Å². The zero-order valence-electron chi connectivity index (χ0n) is 20.2. The van der Waals surface area contributed by atoms with E-state index in [-0.39, 0.29) is 0 Å². The summed E-state index contributed by atoms with van der Waals surface area (Å²) in [5.74, 6) is 0. The van der Waals surface area contributed by atoms with Crippen LogP contribution in [-0.2, 0) is 0 Å². The summed E-state index contributed by atoms with van der Waals surface area (Å²) in [7, 11) is 0. The number of pyridine rings is 1. The lowest BCUT2D eigenvalue weighted by atomic mass is 9.96. The molecule has 2 bridgehead atoms. The Bertz CT molecular complexity index is 1620. The number of fused-ring (bicyclic) bond motifs is 3. The Morgan fingerprint density at radius 3 is 2.54 bits per heavy atom. The zero-order chi connectivity index (χ0) is 24.9. The van der Waals surface area contributed by atoms with Gasteiger partial charge in [0.1, 0.15) is 5.69 Å². The molecule has 2 fully saturated rings. The van der Waals surface area contributed by atoms with Crippen LogP contribution < -0.4 is 16.0 Å². The predicted octanol–water partition coefficient (Wildman–Crippen LogP) is 4.26. The largest absolute Gasteiger partial charge is 0.398 e. The fourth-order valence-electron chi connectivity index (χ4n) is 5.79. The maximum absolute atomic E-state index is 8.04. The molecule has 1 unspecified atom stereocenters. The van der Waals surface area contributed by atoms with Crippen LogP contribution in [0.4, 0.5) is 11.4 Å². The van der Waals surface area contributed by atoms with Gasteiger partial charge in [-0.25, -0.2) is 9.50 Å². The molecule has 5 aromatic rings. The van der Waals surface area contributed by atoms with Crippen molar-refractivity contribution in [2.45, 2.75) is 18.5 Å². The van der Waals surface area contributed by atoms with Gasteiger partial charge in [-0.2, -0.15) is 5.10 Å². The second-order valence-corrected chi connectivity index (χ2v) is 9.67. The molecule has 3 aromatic heterocycles. The van der Waals surface area contributed by atoms with Gasteiger partial charge in [-0.15, -0.1) is 0 Å². The summed E-state index contributed by atoms with van der Waals surface area (Å²) in [5, 5.41) is 16.7. The van der Waals surface area contributed by atoms with E-state index in [1.165, 1.54) is 18.3 Å². The average molecular weight is 487 g/mol. The highest BCUT2D eigenvalue weighted by Gasteiger charge is 2.37. The SMILES string of the molecule is N=Cc1c(N)cccc1-c1c(-c2ccncc2)nn2c(-c3ccc(N4CC5C[C@H]4CN5)cc3)ccnc12. The molecule has 0 aliphatic carbocycles. The normalized spacial score (nSPS) is 18.5. The summed E-state index contributed by atoms with van der Waals surface area (Å²) < 4.78 is 1.90. The second kappa shape index (κ2) is 8.53. The minimum atomic E-state index is 0.546. The number of nitrogens with one attached hydrogen (secondary N) is 2. The number of anilines is 2. The van der Waals surface area contributed by atoms with E-state index in [1.54, 1.807) is 12.4 Å². The summed E-state index contributed by atoms with van der Waals surface area (Å²) in [5.41, 5.74) is 14.8. The summed E-state index contributed by atoms with van der Waals surface area (Å²) in [6.07, 6.45) is 7.86. The van der Waals surface area contributed by atoms with E-state index in [1.807, 2.05) is 47.1 Å². The Morgan fingerprint density at radius 1 is 0.973 bits per heavy atom. The van der Waals surface area contributed by atoms with Crippen LogP contribution >= 0.6 is 0 Å². The van der Waals surface area contributed by atoms with Gasteiger partial charge in [-0.1, -0.05) is 24.3 Å². The first kappa shape index (κ1) is 21.7. The molecule has 2 aromatic carbocycles. The number of nitrogens with zero attached hydrogens (tertiary/aromatic N) is 5. The van der Waals surface area contributed by atoms with Gasteiger partial charge in [0.05, 0.1) is 11.3 Å². The van der Waals surface area contributed by atoms with Crippen LogP contribution in [0.25, 0.3) is 39.3 Å². The molecule has 8 nitrogen and oxygen atoms in total. The minimum absolute atomic E-state index is 0.546. The van der Waals surface area contributed by atoms with Crippen LogP contribution in [-0.4, -0.2) is 51.0 Å². The van der Waals surface area contributed by atoms with Crippen molar-refractivity contribution in [1.29, 1.82) is 5.41 Å². The van der Waals surface area contributed by atoms with Gasteiger partial charge in [0.25, 0.3) is 0 Å². The van der Waals surface area contributed by atoms with Crippen LogP contribution in [0.1, 0.15) is 12.0 Å². The average Bonchev–Trinajstić information content (AvgIpc) is 3.68. The number of rotatable bonds is 5. The second-order valence-electron chi connectivity index (χ2n) is 9.67. The van der Waals surface area contributed by atoms with Crippen LogP contribution in [0.2, 0.25) is 0 Å². The Balaban J connectivity index is 1.40. The standard InChI is InChI=1S/C29H26N8/c30-15-24-23(2-1-3-25(24)31)27-28(19-8-11-32-12-9-19)35-37-26(10-13-33-29(27)37)18-4-6-21(7-5-18)36-17-20-14-22(36)16-34-20/h1-13,15,20,22,30,34H,14,16-17,31H2/t20?,22-/m0/s1. The van der Waals surface area contributed by atoms with Crippen molar-refractivity contribution in [3.05, 3.63) is 84.8 Å². The number of piperazine rings is 1. The van der Waals surface area contributed by atoms with Gasteiger partial charge < -0.3 is 21.4 Å². The van der Waals surface area contributed by atoms with E-state index in [0.29, 0.717) is 29.0 Å². The fourth-order valence-corrected chi connectivity index (χ4v) is 5.79. The lowest BCUT2D eigenvalue weighted by Crippen LogP contribution is -2.43. The van der Waals surface area contributed by atoms with Crippen molar-refractivity contribution in [1.82, 2.24) is 24.9 Å². The molecule has 2 aliphatic rings. The summed E-state index contributed by atoms with van der Waals surface area (Å²) in [6, 6.07) is 21.5. The molecule has 0 saturated carbocycles. The molecule has 8 heteroatoms. The maximum atomic E-state index is 8.04. The summed E-state index contributed by atoms with van der Waals surface area (Å²) in [6.45, 7) is 2.13. The number of nitrogen functional groups attached to an aromatic ring is 1. The van der Waals surface area contributed by atoms with Crippen molar-refractivity contribution in [2.24, 2.45) is 0 Å². The van der Waals surface area contributed by atoms with Crippen molar-refractivity contribution < 1.29 is 0 Å². The molecule has 7 rings (SSSR count). The lowest BCUT2D eigenvalue weighted by molar-refractivity contribution is 0.580. The lowest BCUT2D eigenvalue weighted by Gasteiger charge is -2.29. The topological polar surface area (TPSA) is 108 Å². The van der Waals surface area contributed by atoms with Crippen molar-refractivity contribution in [3.63, 3.8) is 0 Å². The van der Waals surface area contributed by atoms with Gasteiger partial charge in [0, 0.05) is 78.0 Å². The molecule has 0 radical (unpaired) electrons. The fraction of sp³-hybridized carbons (Fsp3) is 0.172. The minimum Gasteiger partial charge on any atom is -0.398 e. The van der Waals surface area contributed by atoms with Gasteiger partial charge in [0.15, 0.2) is 5.65 Å². The van der Waals surface area contributed by atoms with Crippen LogP contribution in [0.5, 0.6) is 0 Å². The third-order valence-electron chi connectivity index (χ3n) is 7.58. The molecule has 2 saturated heterocycles. The first-order valence-corrected chi connectivity index (χ1v) is 12.5. The van der Waals surface area contributed by atoms with Crippen LogP contribution in [0, 0.1) is 5.41 Å². The number of aromatic nitrogens is 4. The highest BCUT2D eigenvalue weighted by Crippen LogP contribution is 2.39. The first-order chi connectivity index (χ1) is 18.2. The van der Waals surface area contributed by atoms with Crippen molar-refractivity contribution in [3.8, 4) is 33.6 Å². The number of hydrogen-bond donors (Lipinski definition) is 3. The number of hydrogen-bond acceptors (Lipinski definition) is 7.